The van der Waals surface area contributed by atoms with Crippen molar-refractivity contribution in [1.82, 2.24) is 0 Å². The Morgan fingerprint density at radius 3 is 2.33 bits per heavy atom. The molecule has 3 nitrogen and oxygen atoms in total. The van der Waals surface area contributed by atoms with E-state index in [0.29, 0.717) is 19.8 Å². The van der Waals surface area contributed by atoms with Crippen molar-refractivity contribution in [3.63, 3.8) is 0 Å². The number of rotatable bonds is 7. The first-order valence-corrected chi connectivity index (χ1v) is 7.43. The third-order valence-corrected chi connectivity index (χ3v) is 3.30. The van der Waals surface area contributed by atoms with Gasteiger partial charge < -0.3 is 15.2 Å². The second-order valence-corrected chi connectivity index (χ2v) is 5.10. The largest absolute Gasteiger partial charge is 0.490 e. The molecular formula is C17H20ClNO2. The minimum absolute atomic E-state index is 0.480. The van der Waals surface area contributed by atoms with Crippen LogP contribution in [0.2, 0.25) is 5.02 Å². The van der Waals surface area contributed by atoms with Crippen LogP contribution in [0, 0.1) is 0 Å². The van der Waals surface area contributed by atoms with E-state index in [1.165, 1.54) is 0 Å². The van der Waals surface area contributed by atoms with E-state index in [4.69, 9.17) is 26.8 Å². The van der Waals surface area contributed by atoms with Gasteiger partial charge in [-0.2, -0.15) is 0 Å². The Hall–Kier alpha value is -1.71. The summed E-state index contributed by atoms with van der Waals surface area (Å²) in [5, 5.41) is 0.722. The van der Waals surface area contributed by atoms with Gasteiger partial charge >= 0.3 is 0 Å². The Bertz CT molecular complexity index is 570. The third kappa shape index (κ3) is 4.66. The fourth-order valence-corrected chi connectivity index (χ4v) is 2.13. The van der Waals surface area contributed by atoms with E-state index in [-0.39, 0.29) is 0 Å². The van der Waals surface area contributed by atoms with E-state index >= 15 is 0 Å². The molecule has 0 aliphatic rings. The smallest absolute Gasteiger partial charge is 0.161 e. The Morgan fingerprint density at radius 1 is 0.952 bits per heavy atom. The molecule has 0 saturated carbocycles. The molecule has 0 fully saturated rings. The molecule has 0 saturated heterocycles. The molecule has 0 aromatic heterocycles. The van der Waals surface area contributed by atoms with Crippen molar-refractivity contribution in [3.8, 4) is 11.5 Å². The second kappa shape index (κ2) is 7.91. The van der Waals surface area contributed by atoms with Gasteiger partial charge in [0.2, 0.25) is 0 Å². The Kier molecular flexibility index (Phi) is 5.90. The van der Waals surface area contributed by atoms with E-state index in [9.17, 15) is 0 Å². The van der Waals surface area contributed by atoms with Crippen LogP contribution in [0.4, 0.5) is 0 Å². The zero-order valence-corrected chi connectivity index (χ0v) is 12.9. The van der Waals surface area contributed by atoms with Gasteiger partial charge in [0.1, 0.15) is 6.61 Å². The van der Waals surface area contributed by atoms with E-state index < -0.39 is 0 Å². The van der Waals surface area contributed by atoms with Crippen LogP contribution >= 0.6 is 11.6 Å². The molecule has 0 radical (unpaired) electrons. The molecule has 0 amide bonds. The van der Waals surface area contributed by atoms with Crippen LogP contribution in [0.1, 0.15) is 18.1 Å². The van der Waals surface area contributed by atoms with Crippen LogP contribution in [-0.4, -0.2) is 13.2 Å². The van der Waals surface area contributed by atoms with Crippen molar-refractivity contribution in [2.75, 3.05) is 13.2 Å². The quantitative estimate of drug-likeness (QED) is 0.846. The van der Waals surface area contributed by atoms with E-state index in [1.807, 2.05) is 49.4 Å². The molecule has 0 aliphatic carbocycles. The lowest BCUT2D eigenvalue weighted by Gasteiger charge is -2.13. The highest BCUT2D eigenvalue weighted by atomic mass is 35.5. The maximum absolute atomic E-state index is 5.87. The van der Waals surface area contributed by atoms with Crippen molar-refractivity contribution in [2.24, 2.45) is 5.73 Å². The Balaban J connectivity index is 2.09. The molecule has 2 N–H and O–H groups in total. The van der Waals surface area contributed by atoms with Crippen molar-refractivity contribution in [2.45, 2.75) is 20.0 Å². The van der Waals surface area contributed by atoms with E-state index in [2.05, 4.69) is 0 Å². The summed E-state index contributed by atoms with van der Waals surface area (Å²) in [6.07, 6.45) is 0.831. The summed E-state index contributed by atoms with van der Waals surface area (Å²) in [6, 6.07) is 13.6. The molecule has 0 bridgehead atoms. The Labute approximate surface area is 130 Å². The van der Waals surface area contributed by atoms with Crippen molar-refractivity contribution in [1.29, 1.82) is 0 Å². The molecule has 0 heterocycles. The van der Waals surface area contributed by atoms with Crippen molar-refractivity contribution < 1.29 is 9.47 Å². The normalized spacial score (nSPS) is 10.4. The zero-order chi connectivity index (χ0) is 15.1. The first-order valence-electron chi connectivity index (χ1n) is 7.06. The van der Waals surface area contributed by atoms with Gasteiger partial charge in [-0.1, -0.05) is 29.8 Å². The molecule has 112 valence electrons. The van der Waals surface area contributed by atoms with E-state index in [1.54, 1.807) is 0 Å². The predicted octanol–water partition coefficient (Wildman–Crippen LogP) is 3.82. The summed E-state index contributed by atoms with van der Waals surface area (Å²) in [7, 11) is 0. The number of hydrogen-bond acceptors (Lipinski definition) is 3. The highest BCUT2D eigenvalue weighted by Crippen LogP contribution is 2.29. The topological polar surface area (TPSA) is 44.5 Å². The van der Waals surface area contributed by atoms with Crippen LogP contribution in [0.5, 0.6) is 11.5 Å². The fourth-order valence-electron chi connectivity index (χ4n) is 2.00. The van der Waals surface area contributed by atoms with Crippen LogP contribution in [0.15, 0.2) is 42.5 Å². The molecule has 2 aromatic rings. The minimum Gasteiger partial charge on any atom is -0.490 e. The first kappa shape index (κ1) is 15.7. The summed E-state index contributed by atoms with van der Waals surface area (Å²) in [6.45, 7) is 3.66. The van der Waals surface area contributed by atoms with Crippen LogP contribution in [0.25, 0.3) is 0 Å². The number of nitrogens with two attached hydrogens (primary N) is 1. The molecular weight excluding hydrogens is 286 g/mol. The fraction of sp³-hybridized carbons (Fsp3) is 0.294. The summed E-state index contributed by atoms with van der Waals surface area (Å²) in [5.74, 6) is 1.50. The highest BCUT2D eigenvalue weighted by Gasteiger charge is 2.07. The summed E-state index contributed by atoms with van der Waals surface area (Å²) < 4.78 is 11.5. The minimum atomic E-state index is 0.480. The maximum Gasteiger partial charge on any atom is 0.161 e. The van der Waals surface area contributed by atoms with Crippen LogP contribution < -0.4 is 15.2 Å². The average Bonchev–Trinajstić information content (AvgIpc) is 2.49. The Morgan fingerprint density at radius 2 is 1.67 bits per heavy atom. The van der Waals surface area contributed by atoms with Crippen LogP contribution in [-0.2, 0) is 13.0 Å². The number of ether oxygens (including phenoxy) is 2. The number of hydrogen-bond donors (Lipinski definition) is 1. The van der Waals surface area contributed by atoms with Gasteiger partial charge in [0.05, 0.1) is 6.61 Å². The lowest BCUT2D eigenvalue weighted by molar-refractivity contribution is 0.269. The molecule has 2 aromatic carbocycles. The van der Waals surface area contributed by atoms with Gasteiger partial charge in [0.25, 0.3) is 0 Å². The van der Waals surface area contributed by atoms with Gasteiger partial charge in [-0.3, -0.25) is 0 Å². The third-order valence-electron chi connectivity index (χ3n) is 3.05. The summed E-state index contributed by atoms with van der Waals surface area (Å²) in [5.41, 5.74) is 7.80. The molecule has 21 heavy (non-hydrogen) atoms. The molecule has 0 atom stereocenters. The van der Waals surface area contributed by atoms with Gasteiger partial charge in [-0.15, -0.1) is 0 Å². The first-order chi connectivity index (χ1) is 10.2. The van der Waals surface area contributed by atoms with E-state index in [0.717, 1.165) is 34.1 Å². The lowest BCUT2D eigenvalue weighted by Crippen LogP contribution is -2.04. The van der Waals surface area contributed by atoms with Crippen molar-refractivity contribution >= 4 is 11.6 Å². The van der Waals surface area contributed by atoms with Crippen molar-refractivity contribution in [3.05, 3.63) is 58.6 Å². The van der Waals surface area contributed by atoms with Gasteiger partial charge in [-0.05, 0) is 55.3 Å². The molecule has 0 spiro atoms. The average molecular weight is 306 g/mol. The van der Waals surface area contributed by atoms with Gasteiger partial charge in [0, 0.05) is 5.02 Å². The summed E-state index contributed by atoms with van der Waals surface area (Å²) in [4.78, 5) is 0. The highest BCUT2D eigenvalue weighted by molar-refractivity contribution is 6.30. The van der Waals surface area contributed by atoms with Crippen LogP contribution in [0.3, 0.4) is 0 Å². The monoisotopic (exact) mass is 305 g/mol. The van der Waals surface area contributed by atoms with Gasteiger partial charge in [0.15, 0.2) is 11.5 Å². The molecule has 4 heteroatoms. The zero-order valence-electron chi connectivity index (χ0n) is 12.1. The molecule has 0 unspecified atom stereocenters. The van der Waals surface area contributed by atoms with Gasteiger partial charge in [-0.25, -0.2) is 0 Å². The maximum atomic E-state index is 5.87. The lowest BCUT2D eigenvalue weighted by atomic mass is 10.1. The summed E-state index contributed by atoms with van der Waals surface area (Å²) >= 11 is 5.87. The SMILES string of the molecule is CCOc1cc(CCN)ccc1OCc1ccc(Cl)cc1. The standard InChI is InChI=1S/C17H20ClNO2/c1-2-20-17-11-13(9-10-19)5-8-16(17)21-12-14-3-6-15(18)7-4-14/h3-8,11H,2,9-10,12,19H2,1H3. The number of halogens is 1. The molecule has 2 rings (SSSR count). The molecule has 0 aliphatic heterocycles. The number of benzene rings is 2. The second-order valence-electron chi connectivity index (χ2n) is 4.67. The predicted molar refractivity (Wildman–Crippen MR) is 86.2 cm³/mol.